The lowest BCUT2D eigenvalue weighted by Crippen LogP contribution is -2.15. The Morgan fingerprint density at radius 3 is 2.59 bits per heavy atom. The second-order valence-corrected chi connectivity index (χ2v) is 3.76. The molecule has 4 nitrogen and oxygen atoms in total. The maximum atomic E-state index is 11.7. The molecule has 0 bridgehead atoms. The van der Waals surface area contributed by atoms with E-state index >= 15 is 0 Å². The van der Waals surface area contributed by atoms with Crippen molar-refractivity contribution in [1.29, 1.82) is 0 Å². The topological polar surface area (TPSA) is 54.9 Å². The van der Waals surface area contributed by atoms with Crippen LogP contribution in [0.3, 0.4) is 0 Å². The predicted molar refractivity (Wildman–Crippen MR) is 65.8 cm³/mol. The molecule has 2 rings (SSSR count). The molecule has 0 spiro atoms. The summed E-state index contributed by atoms with van der Waals surface area (Å²) in [7, 11) is 0. The highest BCUT2D eigenvalue weighted by Gasteiger charge is 2.07. The standard InChI is InChI=1S/C12H10ClN3O/c13-11-12(15-7-6-14-11)16-10(17)8-9-4-2-1-3-5-9/h1-7H,8H2,(H,15,16,17). The Morgan fingerprint density at radius 2 is 1.88 bits per heavy atom. The van der Waals surface area contributed by atoms with Crippen molar-refractivity contribution in [3.05, 3.63) is 53.4 Å². The van der Waals surface area contributed by atoms with Crippen molar-refractivity contribution in [3.63, 3.8) is 0 Å². The molecule has 1 amide bonds. The van der Waals surface area contributed by atoms with Crippen LogP contribution in [-0.2, 0) is 11.2 Å². The van der Waals surface area contributed by atoms with Crippen LogP contribution in [0.25, 0.3) is 0 Å². The molecule has 1 N–H and O–H groups in total. The molecule has 0 radical (unpaired) electrons. The second-order valence-electron chi connectivity index (χ2n) is 3.41. The Labute approximate surface area is 104 Å². The van der Waals surface area contributed by atoms with Crippen LogP contribution < -0.4 is 5.32 Å². The van der Waals surface area contributed by atoms with Gasteiger partial charge in [0.05, 0.1) is 6.42 Å². The van der Waals surface area contributed by atoms with Gasteiger partial charge in [0.1, 0.15) is 0 Å². The van der Waals surface area contributed by atoms with Gasteiger partial charge in [-0.1, -0.05) is 41.9 Å². The van der Waals surface area contributed by atoms with Crippen molar-refractivity contribution >= 4 is 23.3 Å². The molecule has 0 aliphatic heterocycles. The fraction of sp³-hybridized carbons (Fsp3) is 0.0833. The van der Waals surface area contributed by atoms with E-state index in [0.717, 1.165) is 5.56 Å². The summed E-state index contributed by atoms with van der Waals surface area (Å²) in [6.45, 7) is 0. The van der Waals surface area contributed by atoms with Gasteiger partial charge >= 0.3 is 0 Å². The Hall–Kier alpha value is -1.94. The molecule has 1 aromatic carbocycles. The third-order valence-corrected chi connectivity index (χ3v) is 2.40. The Morgan fingerprint density at radius 1 is 1.18 bits per heavy atom. The molecule has 0 saturated carbocycles. The van der Waals surface area contributed by atoms with E-state index in [2.05, 4.69) is 15.3 Å². The van der Waals surface area contributed by atoms with Gasteiger partial charge in [-0.05, 0) is 5.56 Å². The molecular formula is C12H10ClN3O. The second kappa shape index (κ2) is 5.41. The maximum Gasteiger partial charge on any atom is 0.230 e. The number of carbonyl (C=O) groups excluding carboxylic acids is 1. The van der Waals surface area contributed by atoms with Crippen molar-refractivity contribution < 1.29 is 4.79 Å². The molecule has 86 valence electrons. The lowest BCUT2D eigenvalue weighted by molar-refractivity contribution is -0.115. The van der Waals surface area contributed by atoms with E-state index in [1.54, 1.807) is 0 Å². The van der Waals surface area contributed by atoms with Crippen LogP contribution in [0.4, 0.5) is 5.82 Å². The van der Waals surface area contributed by atoms with E-state index < -0.39 is 0 Å². The summed E-state index contributed by atoms with van der Waals surface area (Å²) in [4.78, 5) is 19.5. The molecule has 0 atom stereocenters. The minimum absolute atomic E-state index is 0.168. The van der Waals surface area contributed by atoms with Crippen LogP contribution in [0.2, 0.25) is 5.15 Å². The highest BCUT2D eigenvalue weighted by Crippen LogP contribution is 2.14. The number of carbonyl (C=O) groups is 1. The van der Waals surface area contributed by atoms with Crippen molar-refractivity contribution in [1.82, 2.24) is 9.97 Å². The number of nitrogens with one attached hydrogen (secondary N) is 1. The number of amides is 1. The van der Waals surface area contributed by atoms with Crippen molar-refractivity contribution in [2.24, 2.45) is 0 Å². The molecule has 0 aliphatic rings. The number of nitrogens with zero attached hydrogens (tertiary/aromatic N) is 2. The molecule has 0 saturated heterocycles. The lowest BCUT2D eigenvalue weighted by atomic mass is 10.1. The van der Waals surface area contributed by atoms with Gasteiger partial charge in [-0.25, -0.2) is 9.97 Å². The quantitative estimate of drug-likeness (QED) is 0.906. The molecule has 1 aromatic heterocycles. The van der Waals surface area contributed by atoms with Gasteiger partial charge in [-0.2, -0.15) is 0 Å². The molecule has 1 heterocycles. The molecule has 17 heavy (non-hydrogen) atoms. The van der Waals surface area contributed by atoms with Gasteiger partial charge in [-0.15, -0.1) is 0 Å². The SMILES string of the molecule is O=C(Cc1ccccc1)Nc1nccnc1Cl. The number of aromatic nitrogens is 2. The normalized spacial score (nSPS) is 9.94. The third-order valence-electron chi connectivity index (χ3n) is 2.12. The number of halogens is 1. The van der Waals surface area contributed by atoms with E-state index in [4.69, 9.17) is 11.6 Å². The molecule has 0 unspecified atom stereocenters. The van der Waals surface area contributed by atoms with Crippen molar-refractivity contribution in [3.8, 4) is 0 Å². The van der Waals surface area contributed by atoms with Crippen LogP contribution in [-0.4, -0.2) is 15.9 Å². The molecule has 5 heteroatoms. The van der Waals surface area contributed by atoms with Gasteiger partial charge in [0, 0.05) is 12.4 Å². The first-order chi connectivity index (χ1) is 8.25. The average molecular weight is 248 g/mol. The minimum atomic E-state index is -0.168. The summed E-state index contributed by atoms with van der Waals surface area (Å²) in [5.74, 6) is 0.119. The van der Waals surface area contributed by atoms with Gasteiger partial charge in [0.25, 0.3) is 0 Å². The predicted octanol–water partition coefficient (Wildman–Crippen LogP) is 2.31. The Kier molecular flexibility index (Phi) is 3.67. The van der Waals surface area contributed by atoms with Gasteiger partial charge in [0.2, 0.25) is 5.91 Å². The van der Waals surface area contributed by atoms with Crippen LogP contribution in [0.1, 0.15) is 5.56 Å². The fourth-order valence-corrected chi connectivity index (χ4v) is 1.51. The first kappa shape index (κ1) is 11.5. The number of benzene rings is 1. The maximum absolute atomic E-state index is 11.7. The van der Waals surface area contributed by atoms with Crippen molar-refractivity contribution in [2.45, 2.75) is 6.42 Å². The summed E-state index contributed by atoms with van der Waals surface area (Å²) in [5, 5.41) is 2.80. The zero-order chi connectivity index (χ0) is 12.1. The number of anilines is 1. The first-order valence-electron chi connectivity index (χ1n) is 5.06. The summed E-state index contributed by atoms with van der Waals surface area (Å²) < 4.78 is 0. The van der Waals surface area contributed by atoms with Gasteiger partial charge in [-0.3, -0.25) is 4.79 Å². The smallest absolute Gasteiger partial charge is 0.230 e. The first-order valence-corrected chi connectivity index (χ1v) is 5.44. The third kappa shape index (κ3) is 3.26. The molecule has 0 aliphatic carbocycles. The van der Waals surface area contributed by atoms with Crippen molar-refractivity contribution in [2.75, 3.05) is 5.32 Å². The Bertz CT molecular complexity index is 516. The van der Waals surface area contributed by atoms with Gasteiger partial charge < -0.3 is 5.32 Å². The van der Waals surface area contributed by atoms with E-state index in [1.807, 2.05) is 30.3 Å². The highest BCUT2D eigenvalue weighted by molar-refractivity contribution is 6.32. The Balaban J connectivity index is 2.01. The summed E-state index contributed by atoms with van der Waals surface area (Å²) in [6, 6.07) is 9.45. The number of rotatable bonds is 3. The van der Waals surface area contributed by atoms with Gasteiger partial charge in [0.15, 0.2) is 11.0 Å². The number of hydrogen-bond acceptors (Lipinski definition) is 3. The molecule has 0 fully saturated rings. The van der Waals surface area contributed by atoms with E-state index in [-0.39, 0.29) is 23.3 Å². The largest absolute Gasteiger partial charge is 0.308 e. The average Bonchev–Trinajstić information content (AvgIpc) is 2.33. The highest BCUT2D eigenvalue weighted by atomic mass is 35.5. The molecular weight excluding hydrogens is 238 g/mol. The number of hydrogen-bond donors (Lipinski definition) is 1. The van der Waals surface area contributed by atoms with Crippen LogP contribution in [0.5, 0.6) is 0 Å². The van der Waals surface area contributed by atoms with Crippen LogP contribution >= 0.6 is 11.6 Å². The zero-order valence-electron chi connectivity index (χ0n) is 8.93. The monoisotopic (exact) mass is 247 g/mol. The lowest BCUT2D eigenvalue weighted by Gasteiger charge is -2.04. The fourth-order valence-electron chi connectivity index (χ4n) is 1.36. The summed E-state index contributed by atoms with van der Waals surface area (Å²) >= 11 is 5.78. The summed E-state index contributed by atoms with van der Waals surface area (Å²) in [5.41, 5.74) is 0.935. The summed E-state index contributed by atoms with van der Waals surface area (Å²) in [6.07, 6.45) is 3.23. The van der Waals surface area contributed by atoms with E-state index in [0.29, 0.717) is 0 Å². The van der Waals surface area contributed by atoms with Crippen LogP contribution in [0, 0.1) is 0 Å². The van der Waals surface area contributed by atoms with E-state index in [9.17, 15) is 4.79 Å². The van der Waals surface area contributed by atoms with E-state index in [1.165, 1.54) is 12.4 Å². The zero-order valence-corrected chi connectivity index (χ0v) is 9.69. The van der Waals surface area contributed by atoms with Crippen LogP contribution in [0.15, 0.2) is 42.7 Å². The minimum Gasteiger partial charge on any atom is -0.308 e. The molecule has 2 aromatic rings.